The van der Waals surface area contributed by atoms with Crippen LogP contribution in [0, 0.1) is 13.8 Å². The van der Waals surface area contributed by atoms with E-state index in [9.17, 15) is 0 Å². The normalized spacial score (nSPS) is 10.5. The average molecular weight is 210 g/mol. The number of aryl methyl sites for hydroxylation is 2. The van der Waals surface area contributed by atoms with Gasteiger partial charge < -0.3 is 0 Å². The lowest BCUT2D eigenvalue weighted by molar-refractivity contribution is 0.797. The zero-order chi connectivity index (χ0) is 10.1. The Labute approximate surface area is 85.8 Å². The van der Waals surface area contributed by atoms with Gasteiger partial charge in [0.05, 0.1) is 12.4 Å². The third-order valence-corrected chi connectivity index (χ3v) is 1.87. The smallest absolute Gasteiger partial charge is 0.175 e. The highest BCUT2D eigenvalue weighted by Crippen LogP contribution is 2.08. The van der Waals surface area contributed by atoms with Gasteiger partial charge in [-0.05, 0) is 13.8 Å². The third kappa shape index (κ3) is 1.58. The van der Waals surface area contributed by atoms with Crippen molar-refractivity contribution in [2.45, 2.75) is 13.8 Å². The molecule has 2 aromatic heterocycles. The van der Waals surface area contributed by atoms with Crippen molar-refractivity contribution in [1.29, 1.82) is 0 Å². The SMILES string of the molecule is Cc1nc(C)n(-c2cncc(Cl)n2)n1. The molecule has 2 aromatic rings. The molecule has 0 aliphatic heterocycles. The van der Waals surface area contributed by atoms with Crippen molar-refractivity contribution in [3.63, 3.8) is 0 Å². The van der Waals surface area contributed by atoms with Gasteiger partial charge in [0.15, 0.2) is 5.82 Å². The maximum Gasteiger partial charge on any atom is 0.175 e. The van der Waals surface area contributed by atoms with Crippen LogP contribution in [-0.4, -0.2) is 24.7 Å². The molecular weight excluding hydrogens is 202 g/mol. The molecule has 0 aliphatic rings. The lowest BCUT2D eigenvalue weighted by Crippen LogP contribution is -2.02. The largest absolute Gasteiger partial charge is 0.258 e. The average Bonchev–Trinajstić information content (AvgIpc) is 2.45. The highest BCUT2D eigenvalue weighted by Gasteiger charge is 2.06. The molecule has 72 valence electrons. The molecule has 14 heavy (non-hydrogen) atoms. The Hall–Kier alpha value is -1.49. The van der Waals surface area contributed by atoms with Crippen molar-refractivity contribution < 1.29 is 0 Å². The van der Waals surface area contributed by atoms with E-state index in [2.05, 4.69) is 20.1 Å². The molecule has 0 saturated heterocycles. The maximum absolute atomic E-state index is 5.72. The van der Waals surface area contributed by atoms with Gasteiger partial charge in [-0.25, -0.2) is 9.97 Å². The molecule has 0 aromatic carbocycles. The zero-order valence-corrected chi connectivity index (χ0v) is 8.52. The molecule has 0 aliphatic carbocycles. The minimum atomic E-state index is 0.343. The molecule has 0 unspecified atom stereocenters. The van der Waals surface area contributed by atoms with E-state index in [1.54, 1.807) is 10.9 Å². The van der Waals surface area contributed by atoms with Crippen molar-refractivity contribution in [2.24, 2.45) is 0 Å². The van der Waals surface area contributed by atoms with E-state index in [-0.39, 0.29) is 0 Å². The summed E-state index contributed by atoms with van der Waals surface area (Å²) >= 11 is 5.72. The van der Waals surface area contributed by atoms with Gasteiger partial charge in [0.25, 0.3) is 0 Å². The molecule has 0 atom stereocenters. The molecule has 0 radical (unpaired) electrons. The van der Waals surface area contributed by atoms with E-state index in [0.29, 0.717) is 16.8 Å². The topological polar surface area (TPSA) is 56.5 Å². The van der Waals surface area contributed by atoms with E-state index in [4.69, 9.17) is 11.6 Å². The first-order valence-corrected chi connectivity index (χ1v) is 4.43. The molecule has 2 rings (SSSR count). The van der Waals surface area contributed by atoms with Gasteiger partial charge in [-0.2, -0.15) is 4.68 Å². The lowest BCUT2D eigenvalue weighted by Gasteiger charge is -2.00. The summed E-state index contributed by atoms with van der Waals surface area (Å²) < 4.78 is 1.61. The Kier molecular flexibility index (Phi) is 2.17. The molecule has 5 nitrogen and oxygen atoms in total. The highest BCUT2D eigenvalue weighted by molar-refractivity contribution is 6.29. The Morgan fingerprint density at radius 3 is 2.57 bits per heavy atom. The number of hydrogen-bond acceptors (Lipinski definition) is 4. The second-order valence-corrected chi connectivity index (χ2v) is 3.21. The predicted molar refractivity (Wildman–Crippen MR) is 51.4 cm³/mol. The fraction of sp³-hybridized carbons (Fsp3) is 0.250. The van der Waals surface area contributed by atoms with Gasteiger partial charge in [0.1, 0.15) is 16.8 Å². The summed E-state index contributed by atoms with van der Waals surface area (Å²) in [5.74, 6) is 2.04. The molecule has 0 N–H and O–H groups in total. The first kappa shape index (κ1) is 9.08. The zero-order valence-electron chi connectivity index (χ0n) is 7.77. The summed E-state index contributed by atoms with van der Waals surface area (Å²) in [5.41, 5.74) is 0. The Morgan fingerprint density at radius 2 is 2.00 bits per heavy atom. The van der Waals surface area contributed by atoms with Crippen LogP contribution in [0.3, 0.4) is 0 Å². The van der Waals surface area contributed by atoms with Crippen molar-refractivity contribution >= 4 is 11.6 Å². The fourth-order valence-corrected chi connectivity index (χ4v) is 1.32. The Morgan fingerprint density at radius 1 is 1.21 bits per heavy atom. The summed E-state index contributed by atoms with van der Waals surface area (Å²) in [6.07, 6.45) is 3.07. The fourth-order valence-electron chi connectivity index (χ4n) is 1.17. The summed E-state index contributed by atoms with van der Waals surface area (Å²) in [4.78, 5) is 12.2. The van der Waals surface area contributed by atoms with Crippen molar-refractivity contribution in [3.05, 3.63) is 29.2 Å². The summed E-state index contributed by atoms with van der Waals surface area (Å²) in [5, 5.41) is 4.51. The van der Waals surface area contributed by atoms with Crippen molar-refractivity contribution in [3.8, 4) is 5.82 Å². The molecular formula is C8H8ClN5. The number of halogens is 1. The summed E-state index contributed by atoms with van der Waals surface area (Å²) in [6, 6.07) is 0. The van der Waals surface area contributed by atoms with Crippen molar-refractivity contribution in [1.82, 2.24) is 24.7 Å². The molecule has 0 fully saturated rings. The van der Waals surface area contributed by atoms with E-state index in [0.717, 1.165) is 5.82 Å². The third-order valence-electron chi connectivity index (χ3n) is 1.68. The second-order valence-electron chi connectivity index (χ2n) is 2.82. The van der Waals surface area contributed by atoms with Crippen LogP contribution in [-0.2, 0) is 0 Å². The summed E-state index contributed by atoms with van der Waals surface area (Å²) in [7, 11) is 0. The van der Waals surface area contributed by atoms with Gasteiger partial charge in [0, 0.05) is 0 Å². The van der Waals surface area contributed by atoms with Crippen LogP contribution < -0.4 is 0 Å². The number of hydrogen-bond donors (Lipinski definition) is 0. The standard InChI is InChI=1S/C8H8ClN5/c1-5-11-6(2)14(13-5)8-4-10-3-7(9)12-8/h3-4H,1-2H3. The molecule has 2 heterocycles. The first-order chi connectivity index (χ1) is 6.66. The summed E-state index contributed by atoms with van der Waals surface area (Å²) in [6.45, 7) is 3.67. The van der Waals surface area contributed by atoms with Crippen LogP contribution in [0.5, 0.6) is 0 Å². The van der Waals surface area contributed by atoms with Gasteiger partial charge in [-0.15, -0.1) is 5.10 Å². The first-order valence-electron chi connectivity index (χ1n) is 4.05. The monoisotopic (exact) mass is 209 g/mol. The van der Waals surface area contributed by atoms with Gasteiger partial charge in [0.2, 0.25) is 0 Å². The minimum Gasteiger partial charge on any atom is -0.258 e. The van der Waals surface area contributed by atoms with Crippen molar-refractivity contribution in [2.75, 3.05) is 0 Å². The van der Waals surface area contributed by atoms with Crippen LogP contribution in [0.25, 0.3) is 5.82 Å². The minimum absolute atomic E-state index is 0.343. The van der Waals surface area contributed by atoms with Crippen LogP contribution in [0.2, 0.25) is 5.15 Å². The van der Waals surface area contributed by atoms with E-state index < -0.39 is 0 Å². The number of aromatic nitrogens is 5. The van der Waals surface area contributed by atoms with E-state index >= 15 is 0 Å². The Balaban J connectivity index is 2.54. The molecule has 0 amide bonds. The van der Waals surface area contributed by atoms with Crippen LogP contribution >= 0.6 is 11.6 Å². The molecule has 0 bridgehead atoms. The van der Waals surface area contributed by atoms with E-state index in [1.807, 2.05) is 13.8 Å². The van der Waals surface area contributed by atoms with Crippen LogP contribution in [0.4, 0.5) is 0 Å². The number of nitrogens with zero attached hydrogens (tertiary/aromatic N) is 5. The predicted octanol–water partition coefficient (Wildman–Crippen LogP) is 1.33. The molecule has 0 spiro atoms. The van der Waals surface area contributed by atoms with Gasteiger partial charge >= 0.3 is 0 Å². The van der Waals surface area contributed by atoms with Crippen LogP contribution in [0.15, 0.2) is 12.4 Å². The maximum atomic E-state index is 5.72. The second kappa shape index (κ2) is 3.34. The number of rotatable bonds is 1. The Bertz CT molecular complexity index is 465. The van der Waals surface area contributed by atoms with E-state index in [1.165, 1.54) is 6.20 Å². The molecule has 6 heteroatoms. The molecule has 0 saturated carbocycles. The highest BCUT2D eigenvalue weighted by atomic mass is 35.5. The van der Waals surface area contributed by atoms with Gasteiger partial charge in [-0.1, -0.05) is 11.6 Å². The quantitative estimate of drug-likeness (QED) is 0.711. The van der Waals surface area contributed by atoms with Crippen LogP contribution in [0.1, 0.15) is 11.6 Å². The van der Waals surface area contributed by atoms with Gasteiger partial charge in [-0.3, -0.25) is 4.98 Å². The lowest BCUT2D eigenvalue weighted by atomic mass is 10.6.